The molecule has 2 atom stereocenters. The van der Waals surface area contributed by atoms with Crippen LogP contribution in [0.5, 0.6) is 0 Å². The van der Waals surface area contributed by atoms with Gasteiger partial charge in [0.2, 0.25) is 5.91 Å². The fourth-order valence-corrected chi connectivity index (χ4v) is 4.10. The van der Waals surface area contributed by atoms with E-state index in [-0.39, 0.29) is 31.1 Å². The van der Waals surface area contributed by atoms with Crippen LogP contribution in [0.15, 0.2) is 24.3 Å². The van der Waals surface area contributed by atoms with Crippen LogP contribution in [0.25, 0.3) is 0 Å². The number of hydrogen-bond acceptors (Lipinski definition) is 3. The van der Waals surface area contributed by atoms with Gasteiger partial charge >= 0.3 is 12.2 Å². The highest BCUT2D eigenvalue weighted by Gasteiger charge is 2.43. The molecule has 1 N–H and O–H groups in total. The van der Waals surface area contributed by atoms with Crippen molar-refractivity contribution in [3.63, 3.8) is 0 Å². The van der Waals surface area contributed by atoms with E-state index in [1.807, 2.05) is 20.9 Å². The topological polar surface area (TPSA) is 55.9 Å². The zero-order valence-electron chi connectivity index (χ0n) is 17.6. The van der Waals surface area contributed by atoms with Gasteiger partial charge in [-0.1, -0.05) is 18.2 Å². The maximum Gasteiger partial charge on any atom is 0.416 e. The molecule has 1 aromatic rings. The standard InChI is InChI=1S/C21H29F3N4O2/c1-14(2)25-20(30)28-12-17(15-5-4-6-16(11-15)21(22,23)24)18(13-28)19(29)27-9-7-26(3)8-10-27/h4-6,11,14,17-18H,7-10,12-13H2,1-3H3,(H,25,30). The molecule has 2 unspecified atom stereocenters. The summed E-state index contributed by atoms with van der Waals surface area (Å²) in [5.74, 6) is -1.13. The van der Waals surface area contributed by atoms with E-state index in [0.29, 0.717) is 18.7 Å². The number of urea groups is 1. The lowest BCUT2D eigenvalue weighted by Crippen LogP contribution is -2.50. The molecule has 0 spiro atoms. The Labute approximate surface area is 175 Å². The zero-order chi connectivity index (χ0) is 22.1. The summed E-state index contributed by atoms with van der Waals surface area (Å²) in [5, 5.41) is 2.81. The highest BCUT2D eigenvalue weighted by molar-refractivity contribution is 5.83. The van der Waals surface area contributed by atoms with Crippen LogP contribution in [0, 0.1) is 5.92 Å². The maximum absolute atomic E-state index is 13.3. The summed E-state index contributed by atoms with van der Waals surface area (Å²) in [7, 11) is 1.99. The molecule has 30 heavy (non-hydrogen) atoms. The van der Waals surface area contributed by atoms with E-state index in [4.69, 9.17) is 0 Å². The average molecular weight is 426 g/mol. The number of carbonyl (C=O) groups is 2. The Balaban J connectivity index is 1.87. The first-order valence-electron chi connectivity index (χ1n) is 10.3. The number of alkyl halides is 3. The molecule has 3 amide bonds. The molecule has 2 saturated heterocycles. The van der Waals surface area contributed by atoms with Gasteiger partial charge in [0, 0.05) is 51.2 Å². The number of rotatable bonds is 3. The van der Waals surface area contributed by atoms with Crippen LogP contribution < -0.4 is 5.32 Å². The van der Waals surface area contributed by atoms with Gasteiger partial charge in [0.1, 0.15) is 0 Å². The second kappa shape index (κ2) is 8.83. The lowest BCUT2D eigenvalue weighted by Gasteiger charge is -2.35. The first kappa shape index (κ1) is 22.4. The van der Waals surface area contributed by atoms with Gasteiger partial charge in [-0.2, -0.15) is 13.2 Å². The number of likely N-dealkylation sites (N-methyl/N-ethyl adjacent to an activating group) is 1. The van der Waals surface area contributed by atoms with Gasteiger partial charge < -0.3 is 20.0 Å². The van der Waals surface area contributed by atoms with Crippen molar-refractivity contribution < 1.29 is 22.8 Å². The predicted octanol–water partition coefficient (Wildman–Crippen LogP) is 2.61. The van der Waals surface area contributed by atoms with E-state index in [1.54, 1.807) is 15.9 Å². The van der Waals surface area contributed by atoms with E-state index in [2.05, 4.69) is 10.2 Å². The van der Waals surface area contributed by atoms with Gasteiger partial charge in [0.05, 0.1) is 11.5 Å². The first-order chi connectivity index (χ1) is 14.1. The third-order valence-electron chi connectivity index (χ3n) is 5.79. The Morgan fingerprint density at radius 1 is 1.07 bits per heavy atom. The van der Waals surface area contributed by atoms with Crippen LogP contribution in [-0.2, 0) is 11.0 Å². The molecule has 2 heterocycles. The summed E-state index contributed by atoms with van der Waals surface area (Å²) >= 11 is 0. The van der Waals surface area contributed by atoms with Crippen LogP contribution in [-0.4, -0.2) is 79.0 Å². The molecule has 3 rings (SSSR count). The summed E-state index contributed by atoms with van der Waals surface area (Å²) in [6, 6.07) is 4.76. The third kappa shape index (κ3) is 5.06. The Morgan fingerprint density at radius 2 is 1.73 bits per heavy atom. The number of benzene rings is 1. The van der Waals surface area contributed by atoms with Crippen molar-refractivity contribution in [2.45, 2.75) is 32.0 Å². The molecule has 2 fully saturated rings. The summed E-state index contributed by atoms with van der Waals surface area (Å²) in [6.07, 6.45) is -4.46. The fourth-order valence-electron chi connectivity index (χ4n) is 4.10. The van der Waals surface area contributed by atoms with Crippen molar-refractivity contribution in [2.24, 2.45) is 5.92 Å². The van der Waals surface area contributed by atoms with E-state index < -0.39 is 23.6 Å². The smallest absolute Gasteiger partial charge is 0.340 e. The minimum absolute atomic E-state index is 0.0723. The minimum Gasteiger partial charge on any atom is -0.340 e. The van der Waals surface area contributed by atoms with Crippen LogP contribution >= 0.6 is 0 Å². The second-order valence-corrected chi connectivity index (χ2v) is 8.47. The third-order valence-corrected chi connectivity index (χ3v) is 5.79. The molecule has 0 aromatic heterocycles. The fraction of sp³-hybridized carbons (Fsp3) is 0.619. The molecule has 9 heteroatoms. The van der Waals surface area contributed by atoms with Gasteiger partial charge in [0.15, 0.2) is 0 Å². The van der Waals surface area contributed by atoms with Crippen LogP contribution in [0.2, 0.25) is 0 Å². The molecule has 166 valence electrons. The highest BCUT2D eigenvalue weighted by Crippen LogP contribution is 2.37. The van der Waals surface area contributed by atoms with Crippen molar-refractivity contribution >= 4 is 11.9 Å². The van der Waals surface area contributed by atoms with Gasteiger partial charge in [-0.3, -0.25) is 4.79 Å². The first-order valence-corrected chi connectivity index (χ1v) is 10.3. The SMILES string of the molecule is CC(C)NC(=O)N1CC(C(=O)N2CCN(C)CC2)C(c2cccc(C(F)(F)F)c2)C1. The van der Waals surface area contributed by atoms with Crippen molar-refractivity contribution in [3.05, 3.63) is 35.4 Å². The summed E-state index contributed by atoms with van der Waals surface area (Å²) in [6.45, 7) is 6.76. The second-order valence-electron chi connectivity index (χ2n) is 8.47. The lowest BCUT2D eigenvalue weighted by molar-refractivity contribution is -0.137. The highest BCUT2D eigenvalue weighted by atomic mass is 19.4. The molecular weight excluding hydrogens is 397 g/mol. The van der Waals surface area contributed by atoms with Crippen molar-refractivity contribution in [3.8, 4) is 0 Å². The molecular formula is C21H29F3N4O2. The number of likely N-dealkylation sites (tertiary alicyclic amines) is 1. The predicted molar refractivity (Wildman–Crippen MR) is 107 cm³/mol. The largest absolute Gasteiger partial charge is 0.416 e. The molecule has 2 aliphatic heterocycles. The van der Waals surface area contributed by atoms with Gasteiger partial charge in [-0.15, -0.1) is 0 Å². The molecule has 1 aromatic carbocycles. The average Bonchev–Trinajstić information content (AvgIpc) is 3.12. The molecule has 0 radical (unpaired) electrons. The van der Waals surface area contributed by atoms with Crippen molar-refractivity contribution in [2.75, 3.05) is 46.3 Å². The quantitative estimate of drug-likeness (QED) is 0.809. The van der Waals surface area contributed by atoms with E-state index in [0.717, 1.165) is 25.2 Å². The monoisotopic (exact) mass is 426 g/mol. The number of amides is 3. The Morgan fingerprint density at radius 3 is 2.33 bits per heavy atom. The van der Waals surface area contributed by atoms with Gasteiger partial charge in [-0.25, -0.2) is 4.79 Å². The number of carbonyl (C=O) groups excluding carboxylic acids is 2. The number of piperazine rings is 1. The zero-order valence-corrected chi connectivity index (χ0v) is 17.6. The summed E-state index contributed by atoms with van der Waals surface area (Å²) in [5.41, 5.74) is -0.298. The molecule has 0 saturated carbocycles. The molecule has 0 aliphatic carbocycles. The summed E-state index contributed by atoms with van der Waals surface area (Å²) in [4.78, 5) is 31.3. The van der Waals surface area contributed by atoms with Crippen LogP contribution in [0.1, 0.15) is 30.9 Å². The van der Waals surface area contributed by atoms with Crippen molar-refractivity contribution in [1.29, 1.82) is 0 Å². The Hall–Kier alpha value is -2.29. The lowest BCUT2D eigenvalue weighted by atomic mass is 9.87. The number of nitrogens with zero attached hydrogens (tertiary/aromatic N) is 3. The summed E-state index contributed by atoms with van der Waals surface area (Å²) < 4.78 is 39.7. The van der Waals surface area contributed by atoms with Gasteiger partial charge in [0.25, 0.3) is 0 Å². The Bertz CT molecular complexity index is 776. The van der Waals surface area contributed by atoms with Crippen LogP contribution in [0.4, 0.5) is 18.0 Å². The van der Waals surface area contributed by atoms with Gasteiger partial charge in [-0.05, 0) is 32.5 Å². The maximum atomic E-state index is 13.3. The van der Waals surface area contributed by atoms with E-state index >= 15 is 0 Å². The minimum atomic E-state index is -4.46. The Kier molecular flexibility index (Phi) is 6.59. The number of hydrogen-bond donors (Lipinski definition) is 1. The normalized spacial score (nSPS) is 23.2. The van der Waals surface area contributed by atoms with Crippen molar-refractivity contribution in [1.82, 2.24) is 20.0 Å². The van der Waals surface area contributed by atoms with E-state index in [9.17, 15) is 22.8 Å². The molecule has 2 aliphatic rings. The molecule has 0 bridgehead atoms. The molecule has 6 nitrogen and oxygen atoms in total. The van der Waals surface area contributed by atoms with Crippen LogP contribution in [0.3, 0.4) is 0 Å². The number of halogens is 3. The number of nitrogens with one attached hydrogen (secondary N) is 1. The van der Waals surface area contributed by atoms with E-state index in [1.165, 1.54) is 6.07 Å².